The van der Waals surface area contributed by atoms with E-state index in [0.29, 0.717) is 40.0 Å². The number of thiol groups is 1. The molecule has 0 aliphatic carbocycles. The minimum absolute atomic E-state index is 0.191. The Balaban J connectivity index is 1.91. The zero-order valence-electron chi connectivity index (χ0n) is 17.5. The number of ether oxygens (including phenoxy) is 1. The Bertz CT molecular complexity index is 982. The average Bonchev–Trinajstić information content (AvgIpc) is 2.71. The standard InChI is InChI=1S/C22H26N2O4S2/c1-13(2)10-11-24-19(25)15-7-5-6-14-17(9-8-16(18(14)15)20(24)26)23-21(27)28-12-22(3,4)30-29/h5-9,13,29H,10-12H2,1-4H3,(H,23,27). The van der Waals surface area contributed by atoms with Gasteiger partial charge in [0.1, 0.15) is 6.61 Å². The van der Waals surface area contributed by atoms with E-state index >= 15 is 0 Å². The number of carbonyl (C=O) groups excluding carboxylic acids is 3. The topological polar surface area (TPSA) is 75.7 Å². The third kappa shape index (κ3) is 4.59. The molecule has 0 aromatic heterocycles. The van der Waals surface area contributed by atoms with Crippen molar-refractivity contribution in [1.29, 1.82) is 0 Å². The molecule has 1 aliphatic heterocycles. The normalized spacial score (nSPS) is 13.9. The van der Waals surface area contributed by atoms with Gasteiger partial charge < -0.3 is 4.74 Å². The summed E-state index contributed by atoms with van der Waals surface area (Å²) >= 11 is 4.18. The molecule has 3 amide bonds. The van der Waals surface area contributed by atoms with Crippen LogP contribution in [0, 0.1) is 5.92 Å². The van der Waals surface area contributed by atoms with Crippen molar-refractivity contribution in [2.24, 2.45) is 5.92 Å². The summed E-state index contributed by atoms with van der Waals surface area (Å²) < 4.78 is 4.98. The van der Waals surface area contributed by atoms with Crippen LogP contribution >= 0.6 is 22.5 Å². The van der Waals surface area contributed by atoms with Gasteiger partial charge in [-0.2, -0.15) is 0 Å². The fourth-order valence-electron chi connectivity index (χ4n) is 3.26. The zero-order chi connectivity index (χ0) is 22.1. The summed E-state index contributed by atoms with van der Waals surface area (Å²) in [7, 11) is 1.31. The molecule has 30 heavy (non-hydrogen) atoms. The molecule has 6 nitrogen and oxygen atoms in total. The molecule has 0 saturated carbocycles. The highest BCUT2D eigenvalue weighted by Gasteiger charge is 2.33. The van der Waals surface area contributed by atoms with E-state index < -0.39 is 6.09 Å². The molecule has 3 rings (SSSR count). The van der Waals surface area contributed by atoms with Gasteiger partial charge in [0.05, 0.1) is 10.4 Å². The van der Waals surface area contributed by atoms with Crippen molar-refractivity contribution in [3.63, 3.8) is 0 Å². The maximum atomic E-state index is 13.0. The Morgan fingerprint density at radius 1 is 1.17 bits per heavy atom. The molecular weight excluding hydrogens is 420 g/mol. The van der Waals surface area contributed by atoms with E-state index in [9.17, 15) is 14.4 Å². The van der Waals surface area contributed by atoms with Gasteiger partial charge in [0, 0.05) is 28.4 Å². The van der Waals surface area contributed by atoms with Crippen molar-refractivity contribution < 1.29 is 19.1 Å². The summed E-state index contributed by atoms with van der Waals surface area (Å²) in [6.45, 7) is 8.53. The monoisotopic (exact) mass is 446 g/mol. The third-order valence-electron chi connectivity index (χ3n) is 4.96. The summed E-state index contributed by atoms with van der Waals surface area (Å²) in [5, 5.41) is 3.93. The molecule has 1 heterocycles. The van der Waals surface area contributed by atoms with Crippen LogP contribution in [0.5, 0.6) is 0 Å². The third-order valence-corrected chi connectivity index (χ3v) is 7.05. The molecule has 1 aliphatic rings. The maximum Gasteiger partial charge on any atom is 0.411 e. The van der Waals surface area contributed by atoms with E-state index in [-0.39, 0.29) is 23.2 Å². The highest BCUT2D eigenvalue weighted by atomic mass is 33.1. The Morgan fingerprint density at radius 3 is 2.47 bits per heavy atom. The highest BCUT2D eigenvalue weighted by molar-refractivity contribution is 8.69. The number of nitrogens with zero attached hydrogens (tertiary/aromatic N) is 1. The van der Waals surface area contributed by atoms with Crippen LogP contribution in [0.4, 0.5) is 10.5 Å². The lowest BCUT2D eigenvalue weighted by atomic mass is 9.92. The maximum absolute atomic E-state index is 13.0. The van der Waals surface area contributed by atoms with Gasteiger partial charge in [-0.15, -0.1) is 11.7 Å². The van der Waals surface area contributed by atoms with E-state index in [1.807, 2.05) is 13.8 Å². The van der Waals surface area contributed by atoms with E-state index in [4.69, 9.17) is 4.74 Å². The average molecular weight is 447 g/mol. The van der Waals surface area contributed by atoms with Crippen LogP contribution in [0.3, 0.4) is 0 Å². The molecule has 0 radical (unpaired) electrons. The van der Waals surface area contributed by atoms with Crippen molar-refractivity contribution in [3.8, 4) is 0 Å². The first-order valence-electron chi connectivity index (χ1n) is 9.83. The van der Waals surface area contributed by atoms with Gasteiger partial charge >= 0.3 is 6.09 Å². The molecule has 0 bridgehead atoms. The Kier molecular flexibility index (Phi) is 6.67. The van der Waals surface area contributed by atoms with E-state index in [1.165, 1.54) is 15.7 Å². The Morgan fingerprint density at radius 2 is 1.83 bits per heavy atom. The first-order valence-corrected chi connectivity index (χ1v) is 11.7. The highest BCUT2D eigenvalue weighted by Crippen LogP contribution is 2.35. The molecule has 2 aromatic rings. The molecule has 0 unspecified atom stereocenters. The summed E-state index contributed by atoms with van der Waals surface area (Å²) in [6, 6.07) is 8.60. The van der Waals surface area contributed by atoms with Gasteiger partial charge in [-0.3, -0.25) is 19.8 Å². The largest absolute Gasteiger partial charge is 0.448 e. The van der Waals surface area contributed by atoms with Crippen molar-refractivity contribution in [2.45, 2.75) is 38.9 Å². The van der Waals surface area contributed by atoms with Gasteiger partial charge in [0.25, 0.3) is 11.8 Å². The SMILES string of the molecule is CC(C)CCN1C(=O)c2cccc3c(NC(=O)OCC(C)(C)SS)ccc(c23)C1=O. The quantitative estimate of drug-likeness (QED) is 0.339. The van der Waals surface area contributed by atoms with Crippen molar-refractivity contribution in [2.75, 3.05) is 18.5 Å². The minimum atomic E-state index is -0.599. The molecule has 0 atom stereocenters. The number of anilines is 1. The predicted octanol–water partition coefficient (Wildman–Crippen LogP) is 5.39. The fourth-order valence-corrected chi connectivity index (χ4v) is 3.53. The van der Waals surface area contributed by atoms with Gasteiger partial charge in [0.2, 0.25) is 0 Å². The fraction of sp³-hybridized carbons (Fsp3) is 0.409. The second-order valence-electron chi connectivity index (χ2n) is 8.39. The molecule has 1 N–H and O–H groups in total. The lowest BCUT2D eigenvalue weighted by Gasteiger charge is -2.28. The van der Waals surface area contributed by atoms with Crippen molar-refractivity contribution in [3.05, 3.63) is 41.5 Å². The lowest BCUT2D eigenvalue weighted by Crippen LogP contribution is -2.41. The second-order valence-corrected chi connectivity index (χ2v) is 10.2. The van der Waals surface area contributed by atoms with Crippen LogP contribution in [0.2, 0.25) is 0 Å². The van der Waals surface area contributed by atoms with Crippen LogP contribution in [-0.2, 0) is 4.74 Å². The molecule has 160 valence electrons. The zero-order valence-corrected chi connectivity index (χ0v) is 19.2. The van der Waals surface area contributed by atoms with E-state index in [1.54, 1.807) is 30.3 Å². The number of benzene rings is 2. The smallest absolute Gasteiger partial charge is 0.411 e. The number of carbonyl (C=O) groups is 3. The molecule has 0 spiro atoms. The summed E-state index contributed by atoms with van der Waals surface area (Å²) in [5.74, 6) is -0.219. The first-order chi connectivity index (χ1) is 14.1. The van der Waals surface area contributed by atoms with Crippen LogP contribution in [-0.4, -0.2) is 40.7 Å². The Hall–Kier alpha value is -2.19. The lowest BCUT2D eigenvalue weighted by molar-refractivity contribution is 0.0604. The molecule has 0 saturated heterocycles. The number of hydrogen-bond acceptors (Lipinski definition) is 6. The van der Waals surface area contributed by atoms with Gasteiger partial charge in [-0.05, 0) is 44.4 Å². The van der Waals surface area contributed by atoms with Crippen LogP contribution in [0.25, 0.3) is 10.8 Å². The van der Waals surface area contributed by atoms with E-state index in [2.05, 4.69) is 30.8 Å². The van der Waals surface area contributed by atoms with Gasteiger partial charge in [-0.1, -0.05) is 36.8 Å². The first kappa shape index (κ1) is 22.5. The number of hydrogen-bond donors (Lipinski definition) is 2. The number of imide groups is 1. The summed E-state index contributed by atoms with van der Waals surface area (Å²) in [5.41, 5.74) is 1.43. The number of rotatable bonds is 7. The molecule has 8 heteroatoms. The van der Waals surface area contributed by atoms with Crippen LogP contribution < -0.4 is 5.32 Å². The second kappa shape index (κ2) is 8.89. The van der Waals surface area contributed by atoms with Gasteiger partial charge in [0.15, 0.2) is 0 Å². The summed E-state index contributed by atoms with van der Waals surface area (Å²) in [6.07, 6.45) is 0.146. The van der Waals surface area contributed by atoms with Gasteiger partial charge in [-0.25, -0.2) is 4.79 Å². The van der Waals surface area contributed by atoms with Crippen LogP contribution in [0.15, 0.2) is 30.3 Å². The van der Waals surface area contributed by atoms with Crippen molar-refractivity contribution >= 4 is 56.8 Å². The number of nitrogens with one attached hydrogen (secondary N) is 1. The molecule has 0 fully saturated rings. The predicted molar refractivity (Wildman–Crippen MR) is 124 cm³/mol. The molecular formula is C22H26N2O4S2. The summed E-state index contributed by atoms with van der Waals surface area (Å²) in [4.78, 5) is 39.6. The van der Waals surface area contributed by atoms with Crippen LogP contribution in [0.1, 0.15) is 54.8 Å². The number of amides is 3. The Labute approximate surface area is 185 Å². The van der Waals surface area contributed by atoms with E-state index in [0.717, 1.165) is 6.42 Å². The molecule has 2 aromatic carbocycles. The van der Waals surface area contributed by atoms with Crippen molar-refractivity contribution in [1.82, 2.24) is 4.90 Å². The minimum Gasteiger partial charge on any atom is -0.448 e.